The molecule has 0 heterocycles. The van der Waals surface area contributed by atoms with Crippen molar-refractivity contribution >= 4 is 22.4 Å². The van der Waals surface area contributed by atoms with E-state index in [1.165, 1.54) is 11.1 Å². The van der Waals surface area contributed by atoms with Crippen molar-refractivity contribution in [1.82, 2.24) is 0 Å². The van der Waals surface area contributed by atoms with Crippen LogP contribution in [-0.4, -0.2) is 16.6 Å². The molecule has 2 rings (SSSR count). The zero-order chi connectivity index (χ0) is 23.7. The lowest BCUT2D eigenvalue weighted by atomic mass is 10.1. The highest BCUT2D eigenvalue weighted by Gasteiger charge is 2.49. The molecular formula is C27H47O2Si2. The molecule has 0 spiro atoms. The van der Waals surface area contributed by atoms with Gasteiger partial charge >= 0.3 is 0 Å². The van der Waals surface area contributed by atoms with Crippen molar-refractivity contribution in [2.75, 3.05) is 0 Å². The fourth-order valence-electron chi connectivity index (χ4n) is 6.45. The first-order valence-corrected chi connectivity index (χ1v) is 16.7. The predicted molar refractivity (Wildman–Crippen MR) is 142 cm³/mol. The molecular weight excluding hydrogens is 412 g/mol. The summed E-state index contributed by atoms with van der Waals surface area (Å²) in [6.07, 6.45) is 4.41. The minimum Gasteiger partial charge on any atom is -0.542 e. The highest BCUT2D eigenvalue weighted by Crippen LogP contribution is 2.49. The van der Waals surface area contributed by atoms with Crippen molar-refractivity contribution in [3.63, 3.8) is 0 Å². The maximum absolute atomic E-state index is 7.08. The van der Waals surface area contributed by atoms with Gasteiger partial charge in [0.25, 0.3) is 16.6 Å². The Morgan fingerprint density at radius 1 is 0.581 bits per heavy atom. The Balaban J connectivity index is 2.47. The largest absolute Gasteiger partial charge is 0.542 e. The Morgan fingerprint density at radius 3 is 1.42 bits per heavy atom. The lowest BCUT2D eigenvalue weighted by Crippen LogP contribution is -2.50. The van der Waals surface area contributed by atoms with Crippen molar-refractivity contribution in [3.05, 3.63) is 41.8 Å². The molecule has 1 aliphatic carbocycles. The van der Waals surface area contributed by atoms with Crippen LogP contribution in [0, 0.1) is 6.42 Å². The van der Waals surface area contributed by atoms with Gasteiger partial charge in [-0.15, -0.1) is 0 Å². The van der Waals surface area contributed by atoms with Crippen molar-refractivity contribution in [1.29, 1.82) is 0 Å². The van der Waals surface area contributed by atoms with E-state index in [-0.39, 0.29) is 0 Å². The van der Waals surface area contributed by atoms with Gasteiger partial charge in [0, 0.05) is 17.5 Å². The topological polar surface area (TPSA) is 18.5 Å². The van der Waals surface area contributed by atoms with E-state index in [0.29, 0.717) is 33.2 Å². The molecule has 0 unspecified atom stereocenters. The fraction of sp³-hybridized carbons (Fsp3) is 0.667. The molecule has 1 aliphatic rings. The number of hydrogen-bond acceptors (Lipinski definition) is 2. The van der Waals surface area contributed by atoms with Crippen LogP contribution in [0.2, 0.25) is 33.2 Å². The van der Waals surface area contributed by atoms with Gasteiger partial charge in [-0.1, -0.05) is 95.2 Å². The number of benzene rings is 1. The van der Waals surface area contributed by atoms with Gasteiger partial charge in [-0.05, 0) is 45.4 Å². The predicted octanol–water partition coefficient (Wildman–Crippen LogP) is 9.34. The van der Waals surface area contributed by atoms with Crippen LogP contribution < -0.4 is 4.43 Å². The van der Waals surface area contributed by atoms with E-state index >= 15 is 0 Å². The summed E-state index contributed by atoms with van der Waals surface area (Å²) in [6, 6.07) is 6.52. The summed E-state index contributed by atoms with van der Waals surface area (Å²) in [4.78, 5) is 0. The van der Waals surface area contributed by atoms with Crippen LogP contribution in [0.15, 0.2) is 24.3 Å². The molecule has 0 saturated heterocycles. The van der Waals surface area contributed by atoms with Crippen LogP contribution in [0.25, 0.3) is 5.76 Å². The molecule has 0 N–H and O–H groups in total. The van der Waals surface area contributed by atoms with Crippen LogP contribution >= 0.6 is 0 Å². The lowest BCUT2D eigenvalue weighted by Gasteiger charge is -2.43. The average molecular weight is 460 g/mol. The van der Waals surface area contributed by atoms with E-state index in [0.717, 1.165) is 11.5 Å². The molecule has 0 fully saturated rings. The van der Waals surface area contributed by atoms with E-state index in [2.05, 4.69) is 114 Å². The summed E-state index contributed by atoms with van der Waals surface area (Å²) in [7, 11) is -4.01. The highest BCUT2D eigenvalue weighted by molar-refractivity contribution is 6.78. The third kappa shape index (κ3) is 4.57. The lowest BCUT2D eigenvalue weighted by molar-refractivity contribution is 0.444. The van der Waals surface area contributed by atoms with Crippen molar-refractivity contribution in [2.24, 2.45) is 0 Å². The molecule has 175 valence electrons. The quantitative estimate of drug-likeness (QED) is 0.324. The zero-order valence-electron chi connectivity index (χ0n) is 22.2. The molecule has 0 saturated carbocycles. The number of fused-ring (bicyclic) bond motifs is 1. The van der Waals surface area contributed by atoms with Crippen molar-refractivity contribution in [2.45, 2.75) is 116 Å². The monoisotopic (exact) mass is 459 g/mol. The summed E-state index contributed by atoms with van der Waals surface area (Å²) in [5.74, 6) is 2.09. The first kappa shape index (κ1) is 26.2. The molecule has 0 bridgehead atoms. The third-order valence-electron chi connectivity index (χ3n) is 7.72. The second-order valence-corrected chi connectivity index (χ2v) is 22.0. The molecule has 31 heavy (non-hydrogen) atoms. The van der Waals surface area contributed by atoms with E-state index in [1.54, 1.807) is 0 Å². The van der Waals surface area contributed by atoms with Gasteiger partial charge in [-0.25, -0.2) is 0 Å². The van der Waals surface area contributed by atoms with E-state index in [4.69, 9.17) is 8.85 Å². The average Bonchev–Trinajstić information content (AvgIpc) is 3.05. The standard InChI is InChI=1S/C27H47O2Si2/c1-18(2)30(19(3)4,20(5)6)28-26-15-13-14-24-25(26)16-17-27(24)29-31(21(7)8,22(9)10)23(11)12/h13-23H,1-12H3. The SMILES string of the molecule is CC(C)[Si](OC1=C[CH]c2c(O[Si](C(C)C)(C(C)C)C(C)C)cccc21)(C(C)C)C(C)C. The third-order valence-corrected chi connectivity index (χ3v) is 19.7. The second-order valence-electron chi connectivity index (χ2n) is 11.3. The van der Waals surface area contributed by atoms with Crippen molar-refractivity contribution < 1.29 is 8.85 Å². The highest BCUT2D eigenvalue weighted by atomic mass is 28.4. The van der Waals surface area contributed by atoms with Gasteiger partial charge in [0.1, 0.15) is 11.5 Å². The molecule has 4 heteroatoms. The molecule has 0 aliphatic heterocycles. The van der Waals surface area contributed by atoms with Crippen LogP contribution in [0.3, 0.4) is 0 Å². The fourth-order valence-corrected chi connectivity index (χ4v) is 17.0. The maximum atomic E-state index is 7.08. The summed E-state index contributed by atoms with van der Waals surface area (Å²) in [5, 5.41) is 0. The van der Waals surface area contributed by atoms with Crippen LogP contribution in [-0.2, 0) is 4.43 Å². The van der Waals surface area contributed by atoms with Gasteiger partial charge < -0.3 is 8.85 Å². The zero-order valence-corrected chi connectivity index (χ0v) is 24.2. The van der Waals surface area contributed by atoms with Gasteiger partial charge in [0.2, 0.25) is 0 Å². The van der Waals surface area contributed by atoms with Crippen LogP contribution in [0.1, 0.15) is 94.2 Å². The Morgan fingerprint density at radius 2 is 1.00 bits per heavy atom. The Bertz CT molecular complexity index is 732. The molecule has 2 nitrogen and oxygen atoms in total. The Hall–Kier alpha value is -1.01. The minimum absolute atomic E-state index is 0.552. The number of hydrogen-bond donors (Lipinski definition) is 0. The van der Waals surface area contributed by atoms with Gasteiger partial charge in [0.05, 0.1) is 0 Å². The molecule has 1 radical (unpaired) electrons. The van der Waals surface area contributed by atoms with Crippen molar-refractivity contribution in [3.8, 4) is 5.75 Å². The first-order chi connectivity index (χ1) is 14.3. The van der Waals surface area contributed by atoms with E-state index in [9.17, 15) is 0 Å². The molecule has 1 aromatic rings. The van der Waals surface area contributed by atoms with Crippen LogP contribution in [0.5, 0.6) is 5.75 Å². The summed E-state index contributed by atoms with van der Waals surface area (Å²) in [5.41, 5.74) is 5.73. The van der Waals surface area contributed by atoms with E-state index in [1.807, 2.05) is 0 Å². The molecule has 1 aromatic carbocycles. The van der Waals surface area contributed by atoms with Crippen LogP contribution in [0.4, 0.5) is 0 Å². The minimum atomic E-state index is -2.01. The second kappa shape index (κ2) is 9.86. The molecule has 0 amide bonds. The molecule has 0 aromatic heterocycles. The summed E-state index contributed by atoms with van der Waals surface area (Å²) >= 11 is 0. The Labute approximate surface area is 195 Å². The maximum Gasteiger partial charge on any atom is 0.258 e. The summed E-state index contributed by atoms with van der Waals surface area (Å²) in [6.45, 7) is 28.2. The Kier molecular flexibility index (Phi) is 8.35. The van der Waals surface area contributed by atoms with Gasteiger partial charge in [-0.3, -0.25) is 0 Å². The summed E-state index contributed by atoms with van der Waals surface area (Å²) < 4.78 is 14.1. The smallest absolute Gasteiger partial charge is 0.258 e. The number of rotatable bonds is 10. The van der Waals surface area contributed by atoms with Gasteiger partial charge in [0.15, 0.2) is 0 Å². The number of allylic oxidation sites excluding steroid dienone is 1. The first-order valence-electron chi connectivity index (χ1n) is 12.4. The normalized spacial score (nSPS) is 15.0. The van der Waals surface area contributed by atoms with Gasteiger partial charge in [-0.2, -0.15) is 0 Å². The molecule has 0 atom stereocenters. The van der Waals surface area contributed by atoms with E-state index < -0.39 is 16.6 Å².